The van der Waals surface area contributed by atoms with Crippen LogP contribution < -0.4 is 19.7 Å². The van der Waals surface area contributed by atoms with Crippen molar-refractivity contribution in [3.05, 3.63) is 129 Å². The Balaban J connectivity index is 1.36. The first-order valence-corrected chi connectivity index (χ1v) is 13.7. The highest BCUT2D eigenvalue weighted by Crippen LogP contribution is 2.29. The molecule has 1 aliphatic rings. The van der Waals surface area contributed by atoms with Crippen molar-refractivity contribution < 1.29 is 23.9 Å². The number of halogens is 1. The second-order valence-corrected chi connectivity index (χ2v) is 10.5. The van der Waals surface area contributed by atoms with E-state index in [0.29, 0.717) is 36.0 Å². The molecule has 1 heterocycles. The normalized spacial score (nSPS) is 14.3. The van der Waals surface area contributed by atoms with Gasteiger partial charge in [0.1, 0.15) is 30.3 Å². The number of aryl methyl sites for hydroxylation is 2. The Morgan fingerprint density at radius 3 is 2.24 bits per heavy atom. The lowest BCUT2D eigenvalue weighted by Gasteiger charge is -2.26. The van der Waals surface area contributed by atoms with Gasteiger partial charge in [-0.2, -0.15) is 0 Å². The minimum atomic E-state index is -0.824. The molecule has 0 atom stereocenters. The third kappa shape index (κ3) is 6.56. The fourth-order valence-electron chi connectivity index (χ4n) is 4.30. The summed E-state index contributed by atoms with van der Waals surface area (Å²) in [6, 6.07) is 26.9. The maximum atomic E-state index is 13.5. The molecule has 5 rings (SSSR count). The lowest BCUT2D eigenvalue weighted by atomic mass is 10.1. The molecule has 0 aromatic heterocycles. The van der Waals surface area contributed by atoms with Crippen LogP contribution in [0.5, 0.6) is 11.5 Å². The second-order valence-electron chi connectivity index (χ2n) is 9.62. The number of carbonyl (C=O) groups excluding carboxylic acids is 3. The summed E-state index contributed by atoms with van der Waals surface area (Å²) in [5, 5.41) is 2.27. The van der Waals surface area contributed by atoms with Gasteiger partial charge in [-0.1, -0.05) is 64.5 Å². The standard InChI is InChI=1S/C33H27BrN2O5/c1-21-8-9-24(16-22(21)2)20-41-30-15-10-26(34)17-25(30)18-29-31(37)35-33(39)36(32(29)38)27-11-13-28(14-12-27)40-19-23-6-4-3-5-7-23/h3-18H,19-20H2,1-2H3,(H,35,37,39)/b29-18+. The topological polar surface area (TPSA) is 84.9 Å². The first-order valence-electron chi connectivity index (χ1n) is 13.0. The third-order valence-electron chi connectivity index (χ3n) is 6.68. The minimum absolute atomic E-state index is 0.192. The molecule has 0 bridgehead atoms. The van der Waals surface area contributed by atoms with Crippen LogP contribution in [-0.4, -0.2) is 17.8 Å². The van der Waals surface area contributed by atoms with Crippen LogP contribution in [0.3, 0.4) is 0 Å². The Bertz CT molecular complexity index is 1650. The average Bonchev–Trinajstić information content (AvgIpc) is 2.96. The fourth-order valence-corrected chi connectivity index (χ4v) is 4.68. The molecule has 1 fully saturated rings. The lowest BCUT2D eigenvalue weighted by Crippen LogP contribution is -2.54. The number of amides is 4. The second kappa shape index (κ2) is 12.2. The van der Waals surface area contributed by atoms with Crippen molar-refractivity contribution in [3.63, 3.8) is 0 Å². The number of hydrogen-bond donors (Lipinski definition) is 1. The number of nitrogens with one attached hydrogen (secondary N) is 1. The van der Waals surface area contributed by atoms with E-state index >= 15 is 0 Å². The van der Waals surface area contributed by atoms with Crippen LogP contribution in [0.25, 0.3) is 6.08 Å². The van der Waals surface area contributed by atoms with E-state index in [1.807, 2.05) is 62.4 Å². The monoisotopic (exact) mass is 610 g/mol. The Hall–Kier alpha value is -4.69. The molecule has 1 N–H and O–H groups in total. The number of anilines is 1. The van der Waals surface area contributed by atoms with E-state index in [4.69, 9.17) is 9.47 Å². The number of barbiturate groups is 1. The summed E-state index contributed by atoms with van der Waals surface area (Å²) < 4.78 is 12.6. The maximum absolute atomic E-state index is 13.5. The molecule has 4 aromatic carbocycles. The Labute approximate surface area is 246 Å². The predicted molar refractivity (Wildman–Crippen MR) is 161 cm³/mol. The van der Waals surface area contributed by atoms with E-state index in [0.717, 1.165) is 26.1 Å². The molecule has 41 heavy (non-hydrogen) atoms. The van der Waals surface area contributed by atoms with Crippen molar-refractivity contribution >= 4 is 45.5 Å². The molecule has 1 saturated heterocycles. The van der Waals surface area contributed by atoms with E-state index in [9.17, 15) is 14.4 Å². The van der Waals surface area contributed by atoms with E-state index in [-0.39, 0.29) is 5.57 Å². The van der Waals surface area contributed by atoms with Gasteiger partial charge in [0, 0.05) is 10.0 Å². The van der Waals surface area contributed by atoms with Crippen molar-refractivity contribution in [2.24, 2.45) is 0 Å². The van der Waals surface area contributed by atoms with Crippen molar-refractivity contribution in [2.75, 3.05) is 4.90 Å². The molecule has 0 aliphatic carbocycles. The summed E-state index contributed by atoms with van der Waals surface area (Å²) in [5.74, 6) is -0.451. The third-order valence-corrected chi connectivity index (χ3v) is 7.18. The molecule has 0 radical (unpaired) electrons. The Kier molecular flexibility index (Phi) is 8.31. The molecule has 4 amide bonds. The van der Waals surface area contributed by atoms with Gasteiger partial charge in [-0.25, -0.2) is 9.69 Å². The van der Waals surface area contributed by atoms with E-state index in [1.54, 1.807) is 36.4 Å². The number of nitrogens with zero attached hydrogens (tertiary/aromatic N) is 1. The Morgan fingerprint density at radius 1 is 0.780 bits per heavy atom. The van der Waals surface area contributed by atoms with Crippen molar-refractivity contribution in [3.8, 4) is 11.5 Å². The fraction of sp³-hybridized carbons (Fsp3) is 0.121. The van der Waals surface area contributed by atoms with Crippen molar-refractivity contribution in [2.45, 2.75) is 27.1 Å². The smallest absolute Gasteiger partial charge is 0.335 e. The van der Waals surface area contributed by atoms with Crippen molar-refractivity contribution in [1.29, 1.82) is 0 Å². The van der Waals surface area contributed by atoms with E-state index < -0.39 is 17.8 Å². The zero-order valence-electron chi connectivity index (χ0n) is 22.5. The summed E-state index contributed by atoms with van der Waals surface area (Å²) in [6.07, 6.45) is 1.44. The summed E-state index contributed by atoms with van der Waals surface area (Å²) >= 11 is 3.45. The molecule has 7 nitrogen and oxygen atoms in total. The quantitative estimate of drug-likeness (QED) is 0.173. The van der Waals surface area contributed by atoms with Crippen LogP contribution in [-0.2, 0) is 22.8 Å². The van der Waals surface area contributed by atoms with Gasteiger partial charge >= 0.3 is 6.03 Å². The highest BCUT2D eigenvalue weighted by Gasteiger charge is 2.37. The van der Waals surface area contributed by atoms with Gasteiger partial charge in [-0.15, -0.1) is 0 Å². The maximum Gasteiger partial charge on any atom is 0.335 e. The van der Waals surface area contributed by atoms with Gasteiger partial charge in [-0.05, 0) is 84.6 Å². The summed E-state index contributed by atoms with van der Waals surface area (Å²) in [5.41, 5.74) is 4.99. The first kappa shape index (κ1) is 27.9. The number of ether oxygens (including phenoxy) is 2. The van der Waals surface area contributed by atoms with Gasteiger partial charge in [0.2, 0.25) is 0 Å². The molecule has 4 aromatic rings. The van der Waals surface area contributed by atoms with E-state index in [2.05, 4.69) is 27.3 Å². The highest BCUT2D eigenvalue weighted by molar-refractivity contribution is 9.10. The predicted octanol–water partition coefficient (Wildman–Crippen LogP) is 6.89. The number of imide groups is 2. The van der Waals surface area contributed by atoms with Gasteiger partial charge in [0.05, 0.1) is 5.69 Å². The van der Waals surface area contributed by atoms with Crippen LogP contribution in [0.4, 0.5) is 10.5 Å². The first-order chi connectivity index (χ1) is 19.8. The SMILES string of the molecule is Cc1ccc(COc2ccc(Br)cc2/C=C2\C(=O)NC(=O)N(c3ccc(OCc4ccccc4)cc3)C2=O)cc1C. The number of rotatable bonds is 8. The Morgan fingerprint density at radius 2 is 1.51 bits per heavy atom. The molecule has 8 heteroatoms. The average molecular weight is 611 g/mol. The molecular weight excluding hydrogens is 584 g/mol. The highest BCUT2D eigenvalue weighted by atomic mass is 79.9. The zero-order chi connectivity index (χ0) is 28.9. The van der Waals surface area contributed by atoms with E-state index in [1.165, 1.54) is 11.6 Å². The molecule has 206 valence electrons. The summed E-state index contributed by atoms with van der Waals surface area (Å²) in [6.45, 7) is 4.78. The summed E-state index contributed by atoms with van der Waals surface area (Å²) in [4.78, 5) is 39.9. The van der Waals surface area contributed by atoms with Crippen LogP contribution in [0, 0.1) is 13.8 Å². The summed E-state index contributed by atoms with van der Waals surface area (Å²) in [7, 11) is 0. The van der Waals surface area contributed by atoms with Gasteiger partial charge < -0.3 is 9.47 Å². The van der Waals surface area contributed by atoms with Crippen LogP contribution in [0.1, 0.15) is 27.8 Å². The number of carbonyl (C=O) groups is 3. The number of hydrogen-bond acceptors (Lipinski definition) is 5. The molecule has 1 aliphatic heterocycles. The number of benzene rings is 4. The molecule has 0 unspecified atom stereocenters. The zero-order valence-corrected chi connectivity index (χ0v) is 24.1. The van der Waals surface area contributed by atoms with Gasteiger partial charge in [-0.3, -0.25) is 14.9 Å². The molecular formula is C33H27BrN2O5. The van der Waals surface area contributed by atoms with Crippen molar-refractivity contribution in [1.82, 2.24) is 5.32 Å². The molecule has 0 saturated carbocycles. The lowest BCUT2D eigenvalue weighted by molar-refractivity contribution is -0.122. The van der Waals surface area contributed by atoms with Crippen LogP contribution in [0.15, 0.2) is 101 Å². The number of urea groups is 1. The van der Waals surface area contributed by atoms with Gasteiger partial charge in [0.15, 0.2) is 0 Å². The minimum Gasteiger partial charge on any atom is -0.489 e. The van der Waals surface area contributed by atoms with Crippen LogP contribution >= 0.6 is 15.9 Å². The largest absolute Gasteiger partial charge is 0.489 e. The van der Waals surface area contributed by atoms with Crippen LogP contribution in [0.2, 0.25) is 0 Å². The molecule has 0 spiro atoms. The van der Waals surface area contributed by atoms with Gasteiger partial charge in [0.25, 0.3) is 11.8 Å².